The van der Waals surface area contributed by atoms with Crippen LogP contribution in [0.15, 0.2) is 18.2 Å². The van der Waals surface area contributed by atoms with E-state index < -0.39 is 11.9 Å². The standard InChI is InChI=1S/C13H15ClN2O3/c14-10-4-3-8(6-11(10)15)12(17)16-5-1-2-9(7-16)13(18)19/h3-4,6,9H,1-2,5,7,15H2,(H,18,19)/t9-/m1/s1. The van der Waals surface area contributed by atoms with Crippen LogP contribution in [0.1, 0.15) is 23.2 Å². The number of anilines is 1. The molecular formula is C13H15ClN2O3. The van der Waals surface area contributed by atoms with Crippen LogP contribution in [0.25, 0.3) is 0 Å². The molecule has 2 rings (SSSR count). The minimum absolute atomic E-state index is 0.200. The summed E-state index contributed by atoms with van der Waals surface area (Å²) in [5.74, 6) is -1.54. The first-order valence-electron chi connectivity index (χ1n) is 6.06. The number of nitrogen functional groups attached to an aromatic ring is 1. The third-order valence-electron chi connectivity index (χ3n) is 3.30. The van der Waals surface area contributed by atoms with Crippen LogP contribution in [0.5, 0.6) is 0 Å². The highest BCUT2D eigenvalue weighted by Crippen LogP contribution is 2.23. The monoisotopic (exact) mass is 282 g/mol. The van der Waals surface area contributed by atoms with E-state index in [-0.39, 0.29) is 12.5 Å². The zero-order chi connectivity index (χ0) is 14.0. The number of carboxylic acids is 1. The molecule has 19 heavy (non-hydrogen) atoms. The van der Waals surface area contributed by atoms with E-state index in [1.54, 1.807) is 17.0 Å². The molecule has 0 radical (unpaired) electrons. The Balaban J connectivity index is 2.14. The van der Waals surface area contributed by atoms with Gasteiger partial charge in [-0.25, -0.2) is 0 Å². The Morgan fingerprint density at radius 3 is 2.79 bits per heavy atom. The zero-order valence-corrected chi connectivity index (χ0v) is 11.1. The number of rotatable bonds is 2. The first-order valence-corrected chi connectivity index (χ1v) is 6.44. The number of aliphatic carboxylic acids is 1. The van der Waals surface area contributed by atoms with Crippen molar-refractivity contribution in [1.82, 2.24) is 4.90 Å². The number of hydrogen-bond acceptors (Lipinski definition) is 3. The quantitative estimate of drug-likeness (QED) is 0.811. The molecule has 1 aromatic rings. The predicted octanol–water partition coefficient (Wildman–Crippen LogP) is 1.86. The molecule has 1 aliphatic heterocycles. The van der Waals surface area contributed by atoms with Crippen molar-refractivity contribution in [3.05, 3.63) is 28.8 Å². The van der Waals surface area contributed by atoms with Crippen LogP contribution in [0, 0.1) is 5.92 Å². The lowest BCUT2D eigenvalue weighted by Crippen LogP contribution is -2.42. The summed E-state index contributed by atoms with van der Waals surface area (Å²) in [4.78, 5) is 24.8. The molecule has 3 N–H and O–H groups in total. The molecule has 0 aromatic heterocycles. The van der Waals surface area contributed by atoms with E-state index >= 15 is 0 Å². The summed E-state index contributed by atoms with van der Waals surface area (Å²) in [5, 5.41) is 9.41. The van der Waals surface area contributed by atoms with Gasteiger partial charge in [-0.2, -0.15) is 0 Å². The van der Waals surface area contributed by atoms with Gasteiger partial charge in [0.15, 0.2) is 0 Å². The molecule has 1 amide bonds. The summed E-state index contributed by atoms with van der Waals surface area (Å²) in [6.45, 7) is 0.821. The van der Waals surface area contributed by atoms with Gasteiger partial charge in [0.05, 0.1) is 16.6 Å². The van der Waals surface area contributed by atoms with E-state index in [0.717, 1.165) is 0 Å². The topological polar surface area (TPSA) is 83.6 Å². The summed E-state index contributed by atoms with van der Waals surface area (Å²) >= 11 is 5.81. The number of amides is 1. The van der Waals surface area contributed by atoms with Crippen molar-refractivity contribution in [1.29, 1.82) is 0 Å². The molecule has 1 fully saturated rings. The van der Waals surface area contributed by atoms with Gasteiger partial charge in [0.1, 0.15) is 0 Å². The van der Waals surface area contributed by atoms with Crippen molar-refractivity contribution in [2.45, 2.75) is 12.8 Å². The maximum atomic E-state index is 12.3. The normalized spacial score (nSPS) is 19.2. The number of nitrogens with two attached hydrogens (primary N) is 1. The highest BCUT2D eigenvalue weighted by atomic mass is 35.5. The van der Waals surface area contributed by atoms with Crippen LogP contribution in [-0.2, 0) is 4.79 Å². The van der Waals surface area contributed by atoms with Crippen LogP contribution in [-0.4, -0.2) is 35.0 Å². The van der Waals surface area contributed by atoms with E-state index in [2.05, 4.69) is 0 Å². The first kappa shape index (κ1) is 13.7. The van der Waals surface area contributed by atoms with Crippen molar-refractivity contribution in [2.75, 3.05) is 18.8 Å². The maximum absolute atomic E-state index is 12.3. The minimum Gasteiger partial charge on any atom is -0.481 e. The molecular weight excluding hydrogens is 268 g/mol. The summed E-state index contributed by atoms with van der Waals surface area (Å²) in [7, 11) is 0. The van der Waals surface area contributed by atoms with Gasteiger partial charge >= 0.3 is 5.97 Å². The highest BCUT2D eigenvalue weighted by Gasteiger charge is 2.28. The van der Waals surface area contributed by atoms with Crippen LogP contribution in [0.2, 0.25) is 5.02 Å². The van der Waals surface area contributed by atoms with E-state index in [1.807, 2.05) is 0 Å². The molecule has 0 aliphatic carbocycles. The Hall–Kier alpha value is -1.75. The number of hydrogen-bond donors (Lipinski definition) is 2. The average Bonchev–Trinajstić information content (AvgIpc) is 2.41. The van der Waals surface area contributed by atoms with Gasteiger partial charge in [0, 0.05) is 18.7 Å². The Morgan fingerprint density at radius 1 is 1.42 bits per heavy atom. The number of halogens is 1. The smallest absolute Gasteiger partial charge is 0.308 e. The Bertz CT molecular complexity index is 519. The largest absolute Gasteiger partial charge is 0.481 e. The Kier molecular flexibility index (Phi) is 3.95. The molecule has 0 spiro atoms. The lowest BCUT2D eigenvalue weighted by Gasteiger charge is -2.30. The predicted molar refractivity (Wildman–Crippen MR) is 72.1 cm³/mol. The summed E-state index contributed by atoms with van der Waals surface area (Å²) in [5.41, 5.74) is 6.45. The number of benzene rings is 1. The Morgan fingerprint density at radius 2 is 2.16 bits per heavy atom. The first-order chi connectivity index (χ1) is 8.99. The van der Waals surface area contributed by atoms with Gasteiger partial charge in [-0.15, -0.1) is 0 Å². The van der Waals surface area contributed by atoms with Gasteiger partial charge in [0.2, 0.25) is 0 Å². The van der Waals surface area contributed by atoms with Crippen LogP contribution < -0.4 is 5.73 Å². The fourth-order valence-corrected chi connectivity index (χ4v) is 2.34. The Labute approximate surface area is 116 Å². The van der Waals surface area contributed by atoms with Gasteiger partial charge in [-0.1, -0.05) is 11.6 Å². The van der Waals surface area contributed by atoms with Crippen LogP contribution in [0.4, 0.5) is 5.69 Å². The van der Waals surface area contributed by atoms with Gasteiger partial charge in [-0.05, 0) is 31.0 Å². The summed E-state index contributed by atoms with van der Waals surface area (Å²) in [6, 6.07) is 4.70. The van der Waals surface area contributed by atoms with Crippen molar-refractivity contribution >= 4 is 29.2 Å². The van der Waals surface area contributed by atoms with Gasteiger partial charge in [-0.3, -0.25) is 9.59 Å². The lowest BCUT2D eigenvalue weighted by molar-refractivity contribution is -0.143. The minimum atomic E-state index is -0.854. The third kappa shape index (κ3) is 2.98. The fourth-order valence-electron chi connectivity index (χ4n) is 2.22. The number of carbonyl (C=O) groups excluding carboxylic acids is 1. The van der Waals surface area contributed by atoms with Crippen molar-refractivity contribution in [3.8, 4) is 0 Å². The zero-order valence-electron chi connectivity index (χ0n) is 10.3. The van der Waals surface area contributed by atoms with E-state index in [0.29, 0.717) is 35.7 Å². The highest BCUT2D eigenvalue weighted by molar-refractivity contribution is 6.33. The maximum Gasteiger partial charge on any atom is 0.308 e. The van der Waals surface area contributed by atoms with E-state index in [4.69, 9.17) is 22.4 Å². The molecule has 0 saturated carbocycles. The molecule has 1 heterocycles. The van der Waals surface area contributed by atoms with E-state index in [9.17, 15) is 9.59 Å². The van der Waals surface area contributed by atoms with Crippen molar-refractivity contribution in [3.63, 3.8) is 0 Å². The molecule has 102 valence electrons. The van der Waals surface area contributed by atoms with Crippen molar-refractivity contribution in [2.24, 2.45) is 5.92 Å². The second kappa shape index (κ2) is 5.48. The van der Waals surface area contributed by atoms with Gasteiger partial charge < -0.3 is 15.7 Å². The van der Waals surface area contributed by atoms with E-state index in [1.165, 1.54) is 6.07 Å². The number of carboxylic acid groups (broad SMARTS) is 1. The van der Waals surface area contributed by atoms with Crippen LogP contribution in [0.3, 0.4) is 0 Å². The number of carbonyl (C=O) groups is 2. The summed E-state index contributed by atoms with van der Waals surface area (Å²) in [6.07, 6.45) is 1.31. The number of piperidine rings is 1. The molecule has 0 unspecified atom stereocenters. The molecule has 1 aliphatic rings. The molecule has 1 aromatic carbocycles. The molecule has 0 bridgehead atoms. The fraction of sp³-hybridized carbons (Fsp3) is 0.385. The summed E-state index contributed by atoms with van der Waals surface area (Å²) < 4.78 is 0. The van der Waals surface area contributed by atoms with Crippen molar-refractivity contribution < 1.29 is 14.7 Å². The second-order valence-corrected chi connectivity index (χ2v) is 5.07. The average molecular weight is 283 g/mol. The lowest BCUT2D eigenvalue weighted by atomic mass is 9.97. The number of nitrogens with zero attached hydrogens (tertiary/aromatic N) is 1. The number of likely N-dealkylation sites (tertiary alicyclic amines) is 1. The third-order valence-corrected chi connectivity index (χ3v) is 3.64. The molecule has 1 saturated heterocycles. The van der Waals surface area contributed by atoms with Crippen LogP contribution >= 0.6 is 11.6 Å². The second-order valence-electron chi connectivity index (χ2n) is 4.66. The molecule has 5 nitrogen and oxygen atoms in total. The molecule has 6 heteroatoms. The molecule has 1 atom stereocenters. The SMILES string of the molecule is Nc1cc(C(=O)N2CCC[C@@H](C(=O)O)C2)ccc1Cl. The van der Waals surface area contributed by atoms with Gasteiger partial charge in [0.25, 0.3) is 5.91 Å².